The van der Waals surface area contributed by atoms with E-state index in [2.05, 4.69) is 5.32 Å². The Labute approximate surface area is 190 Å². The molecule has 0 spiro atoms. The number of carbonyl (C=O) groups is 2. The molecule has 0 aliphatic carbocycles. The molecule has 1 aliphatic heterocycles. The second-order valence-corrected chi connectivity index (χ2v) is 7.35. The zero-order valence-corrected chi connectivity index (χ0v) is 18.3. The Morgan fingerprint density at radius 3 is 2.45 bits per heavy atom. The predicted octanol–water partition coefficient (Wildman–Crippen LogP) is 2.96. The second kappa shape index (κ2) is 10.6. The van der Waals surface area contributed by atoms with Gasteiger partial charge in [-0.1, -0.05) is 0 Å². The van der Waals surface area contributed by atoms with Crippen LogP contribution in [0.4, 0.5) is 16.2 Å². The molecule has 11 heteroatoms. The first-order chi connectivity index (χ1) is 15.9. The number of hydrogen-bond donors (Lipinski definition) is 2. The van der Waals surface area contributed by atoms with Gasteiger partial charge in [0.1, 0.15) is 6.61 Å². The Balaban J connectivity index is 1.79. The van der Waals surface area contributed by atoms with Crippen LogP contribution in [0.3, 0.4) is 0 Å². The van der Waals surface area contributed by atoms with Gasteiger partial charge in [-0.15, -0.1) is 0 Å². The minimum absolute atomic E-state index is 0.0696. The van der Waals surface area contributed by atoms with Crippen LogP contribution in [0.25, 0.3) is 0 Å². The molecule has 2 amide bonds. The van der Waals surface area contributed by atoms with E-state index in [1.54, 1.807) is 4.90 Å². The standard InChI is InChI=1S/C22H25N3O8/c1-31-19-10-17(21(27)24-9-3-4-16(24)12-26)18(11-20(19)32-2)23-22(28)33-13-14-5-7-15(8-6-14)25(29)30/h5-8,10-11,16,26H,3-4,9,12-13H2,1-2H3,(H,23,28). The maximum absolute atomic E-state index is 13.2. The molecule has 0 saturated carbocycles. The number of nitrogens with zero attached hydrogens (tertiary/aromatic N) is 2. The number of nitrogens with one attached hydrogen (secondary N) is 1. The number of nitro groups is 1. The number of anilines is 1. The van der Waals surface area contributed by atoms with Crippen molar-refractivity contribution in [2.24, 2.45) is 0 Å². The van der Waals surface area contributed by atoms with Crippen LogP contribution in [0, 0.1) is 10.1 Å². The molecular weight excluding hydrogens is 434 g/mol. The number of amides is 2. The Morgan fingerprint density at radius 2 is 1.85 bits per heavy atom. The third-order valence-corrected chi connectivity index (χ3v) is 5.36. The van der Waals surface area contributed by atoms with Gasteiger partial charge < -0.3 is 24.2 Å². The number of hydrogen-bond acceptors (Lipinski definition) is 8. The van der Waals surface area contributed by atoms with Crippen molar-refractivity contribution < 1.29 is 33.8 Å². The smallest absolute Gasteiger partial charge is 0.411 e. The molecule has 1 atom stereocenters. The molecule has 3 rings (SSSR count). The van der Waals surface area contributed by atoms with Crippen LogP contribution in [0.15, 0.2) is 36.4 Å². The summed E-state index contributed by atoms with van der Waals surface area (Å²) in [6.45, 7) is 0.209. The molecule has 2 aromatic carbocycles. The number of likely N-dealkylation sites (tertiary alicyclic amines) is 1. The second-order valence-electron chi connectivity index (χ2n) is 7.35. The lowest BCUT2D eigenvalue weighted by Gasteiger charge is -2.25. The van der Waals surface area contributed by atoms with Crippen molar-refractivity contribution in [2.75, 3.05) is 32.7 Å². The number of aliphatic hydroxyl groups is 1. The fraction of sp³-hybridized carbons (Fsp3) is 0.364. The summed E-state index contributed by atoms with van der Waals surface area (Å²) >= 11 is 0. The lowest BCUT2D eigenvalue weighted by molar-refractivity contribution is -0.384. The average molecular weight is 459 g/mol. The third-order valence-electron chi connectivity index (χ3n) is 5.36. The van der Waals surface area contributed by atoms with Crippen LogP contribution in [-0.4, -0.2) is 60.3 Å². The number of carbonyl (C=O) groups excluding carboxylic acids is 2. The van der Waals surface area contributed by atoms with Gasteiger partial charge in [-0.2, -0.15) is 0 Å². The molecule has 1 heterocycles. The monoisotopic (exact) mass is 459 g/mol. The maximum atomic E-state index is 13.2. The molecule has 2 aromatic rings. The lowest BCUT2D eigenvalue weighted by Crippen LogP contribution is -2.38. The molecule has 176 valence electrons. The van der Waals surface area contributed by atoms with Gasteiger partial charge in [-0.05, 0) is 36.6 Å². The van der Waals surface area contributed by atoms with Gasteiger partial charge in [0.2, 0.25) is 0 Å². The highest BCUT2D eigenvalue weighted by molar-refractivity contribution is 6.03. The van der Waals surface area contributed by atoms with Crippen LogP contribution >= 0.6 is 0 Å². The molecule has 1 aliphatic rings. The number of benzene rings is 2. The summed E-state index contributed by atoms with van der Waals surface area (Å²) in [6.07, 6.45) is 0.634. The number of nitro benzene ring substituents is 1. The third kappa shape index (κ3) is 5.50. The van der Waals surface area contributed by atoms with Gasteiger partial charge in [0, 0.05) is 24.7 Å². The molecule has 0 bridgehead atoms. The summed E-state index contributed by atoms with van der Waals surface area (Å²) in [5, 5.41) is 22.9. The van der Waals surface area contributed by atoms with Gasteiger partial charge >= 0.3 is 6.09 Å². The highest BCUT2D eigenvalue weighted by Crippen LogP contribution is 2.35. The minimum Gasteiger partial charge on any atom is -0.493 e. The van der Waals surface area contributed by atoms with Crippen LogP contribution in [0.2, 0.25) is 0 Å². The van der Waals surface area contributed by atoms with Crippen LogP contribution < -0.4 is 14.8 Å². The van der Waals surface area contributed by atoms with Gasteiger partial charge in [-0.3, -0.25) is 20.2 Å². The van der Waals surface area contributed by atoms with Crippen LogP contribution in [0.5, 0.6) is 11.5 Å². The van der Waals surface area contributed by atoms with Crippen molar-refractivity contribution in [1.82, 2.24) is 4.90 Å². The van der Waals surface area contributed by atoms with E-state index in [-0.39, 0.29) is 42.1 Å². The SMILES string of the molecule is COc1cc(NC(=O)OCc2ccc([N+](=O)[O-])cc2)c(C(=O)N2CCCC2CO)cc1OC. The van der Waals surface area contributed by atoms with E-state index in [4.69, 9.17) is 14.2 Å². The van der Waals surface area contributed by atoms with Crippen molar-refractivity contribution in [3.63, 3.8) is 0 Å². The van der Waals surface area contributed by atoms with Crippen LogP contribution in [0.1, 0.15) is 28.8 Å². The zero-order chi connectivity index (χ0) is 24.0. The van der Waals surface area contributed by atoms with E-state index < -0.39 is 11.0 Å². The molecule has 0 radical (unpaired) electrons. The first-order valence-corrected chi connectivity index (χ1v) is 10.2. The molecule has 1 saturated heterocycles. The number of rotatable bonds is 8. The van der Waals surface area contributed by atoms with Crippen LogP contribution in [-0.2, 0) is 11.3 Å². The molecular formula is C22H25N3O8. The average Bonchev–Trinajstić information content (AvgIpc) is 3.31. The first kappa shape index (κ1) is 23.8. The van der Waals surface area contributed by atoms with Crippen molar-refractivity contribution in [3.05, 3.63) is 57.6 Å². The predicted molar refractivity (Wildman–Crippen MR) is 118 cm³/mol. The van der Waals surface area contributed by atoms with E-state index >= 15 is 0 Å². The number of ether oxygens (including phenoxy) is 3. The highest BCUT2D eigenvalue weighted by atomic mass is 16.6. The van der Waals surface area contributed by atoms with Crippen molar-refractivity contribution in [3.8, 4) is 11.5 Å². The van der Waals surface area contributed by atoms with E-state index in [9.17, 15) is 24.8 Å². The number of aliphatic hydroxyl groups excluding tert-OH is 1. The fourth-order valence-electron chi connectivity index (χ4n) is 3.62. The summed E-state index contributed by atoms with van der Waals surface area (Å²) < 4.78 is 15.8. The van der Waals surface area contributed by atoms with Gasteiger partial charge in [0.05, 0.1) is 43.0 Å². The Hall–Kier alpha value is -3.86. The van der Waals surface area contributed by atoms with E-state index in [0.29, 0.717) is 30.0 Å². The van der Waals surface area contributed by atoms with Crippen molar-refractivity contribution >= 4 is 23.4 Å². The van der Waals surface area contributed by atoms with E-state index in [1.165, 1.54) is 50.6 Å². The van der Waals surface area contributed by atoms with Gasteiger partial charge in [0.25, 0.3) is 11.6 Å². The quantitative estimate of drug-likeness (QED) is 0.453. The Bertz CT molecular complexity index is 1030. The normalized spacial score (nSPS) is 15.1. The fourth-order valence-corrected chi connectivity index (χ4v) is 3.62. The van der Waals surface area contributed by atoms with E-state index in [1.807, 2.05) is 0 Å². The number of non-ortho nitro benzene ring substituents is 1. The summed E-state index contributed by atoms with van der Waals surface area (Å²) in [7, 11) is 2.86. The van der Waals surface area contributed by atoms with Gasteiger partial charge in [-0.25, -0.2) is 4.79 Å². The lowest BCUT2D eigenvalue weighted by atomic mass is 10.1. The first-order valence-electron chi connectivity index (χ1n) is 10.2. The summed E-state index contributed by atoms with van der Waals surface area (Å²) in [4.78, 5) is 37.5. The molecule has 11 nitrogen and oxygen atoms in total. The Morgan fingerprint density at radius 1 is 1.18 bits per heavy atom. The molecule has 1 fully saturated rings. The molecule has 0 aromatic heterocycles. The summed E-state index contributed by atoms with van der Waals surface area (Å²) in [5.41, 5.74) is 0.817. The van der Waals surface area contributed by atoms with Gasteiger partial charge in [0.15, 0.2) is 11.5 Å². The zero-order valence-electron chi connectivity index (χ0n) is 18.3. The summed E-state index contributed by atoms with van der Waals surface area (Å²) in [5.74, 6) is 0.253. The van der Waals surface area contributed by atoms with E-state index in [0.717, 1.165) is 6.42 Å². The molecule has 33 heavy (non-hydrogen) atoms. The van der Waals surface area contributed by atoms with Crippen molar-refractivity contribution in [2.45, 2.75) is 25.5 Å². The summed E-state index contributed by atoms with van der Waals surface area (Å²) in [6, 6.07) is 8.24. The Kier molecular flexibility index (Phi) is 7.67. The highest BCUT2D eigenvalue weighted by Gasteiger charge is 2.31. The number of methoxy groups -OCH3 is 2. The minimum atomic E-state index is -0.824. The largest absolute Gasteiger partial charge is 0.493 e. The topological polar surface area (TPSA) is 140 Å². The molecule has 2 N–H and O–H groups in total. The van der Waals surface area contributed by atoms with Crippen molar-refractivity contribution in [1.29, 1.82) is 0 Å². The molecule has 1 unspecified atom stereocenters. The maximum Gasteiger partial charge on any atom is 0.411 e.